The van der Waals surface area contributed by atoms with Gasteiger partial charge in [0.1, 0.15) is 0 Å². The molecular formula is C20H25N3O. The van der Waals surface area contributed by atoms with Gasteiger partial charge >= 0.3 is 0 Å². The van der Waals surface area contributed by atoms with E-state index >= 15 is 0 Å². The molecule has 0 spiro atoms. The number of aromatic nitrogens is 2. The summed E-state index contributed by atoms with van der Waals surface area (Å²) in [6, 6.07) is 8.86. The van der Waals surface area contributed by atoms with E-state index < -0.39 is 0 Å². The zero-order valence-electron chi connectivity index (χ0n) is 14.1. The number of hydrogen-bond acceptors (Lipinski definition) is 4. The maximum atomic E-state index is 6.31. The second-order valence-electron chi connectivity index (χ2n) is 7.06. The van der Waals surface area contributed by atoms with Crippen LogP contribution in [0.4, 0.5) is 0 Å². The van der Waals surface area contributed by atoms with E-state index in [1.807, 2.05) is 30.9 Å². The van der Waals surface area contributed by atoms with Crippen LogP contribution in [-0.4, -0.2) is 40.2 Å². The van der Waals surface area contributed by atoms with Crippen molar-refractivity contribution in [1.29, 1.82) is 0 Å². The highest BCUT2D eigenvalue weighted by molar-refractivity contribution is 5.14. The summed E-state index contributed by atoms with van der Waals surface area (Å²) < 4.78 is 6.31. The van der Waals surface area contributed by atoms with Gasteiger partial charge in [0.2, 0.25) is 0 Å². The van der Waals surface area contributed by atoms with Crippen molar-refractivity contribution in [1.82, 2.24) is 14.9 Å². The summed E-state index contributed by atoms with van der Waals surface area (Å²) in [7, 11) is 0. The maximum Gasteiger partial charge on any atom is 0.0745 e. The highest BCUT2D eigenvalue weighted by atomic mass is 16.5. The molecule has 2 fully saturated rings. The van der Waals surface area contributed by atoms with E-state index in [0.717, 1.165) is 38.5 Å². The van der Waals surface area contributed by atoms with Crippen LogP contribution < -0.4 is 0 Å². The van der Waals surface area contributed by atoms with Gasteiger partial charge < -0.3 is 4.74 Å². The van der Waals surface area contributed by atoms with Gasteiger partial charge in [-0.05, 0) is 60.9 Å². The number of ether oxygens (including phenoxy) is 1. The molecule has 0 N–H and O–H groups in total. The van der Waals surface area contributed by atoms with Crippen molar-refractivity contribution in [3.8, 4) is 0 Å². The van der Waals surface area contributed by atoms with Crippen LogP contribution in [0.3, 0.4) is 0 Å². The fourth-order valence-electron chi connectivity index (χ4n) is 3.57. The van der Waals surface area contributed by atoms with Crippen LogP contribution in [0, 0.1) is 5.92 Å². The normalized spacial score (nSPS) is 24.3. The van der Waals surface area contributed by atoms with E-state index in [1.54, 1.807) is 0 Å². The van der Waals surface area contributed by atoms with Gasteiger partial charge in [0.15, 0.2) is 0 Å². The fraction of sp³-hybridized carbons (Fsp3) is 0.500. The molecular weight excluding hydrogens is 298 g/mol. The summed E-state index contributed by atoms with van der Waals surface area (Å²) in [4.78, 5) is 11.0. The van der Waals surface area contributed by atoms with Gasteiger partial charge in [-0.1, -0.05) is 6.07 Å². The Kier molecular flexibility index (Phi) is 4.86. The lowest BCUT2D eigenvalue weighted by molar-refractivity contribution is 0.0196. The maximum absolute atomic E-state index is 6.31. The predicted molar refractivity (Wildman–Crippen MR) is 93.5 cm³/mol. The zero-order valence-corrected chi connectivity index (χ0v) is 14.1. The summed E-state index contributed by atoms with van der Waals surface area (Å²) in [6.07, 6.45) is 12.8. The Morgan fingerprint density at radius 2 is 1.88 bits per heavy atom. The molecule has 0 amide bonds. The van der Waals surface area contributed by atoms with E-state index in [1.165, 1.54) is 24.0 Å². The minimum atomic E-state index is 0.343. The molecule has 0 bridgehead atoms. The van der Waals surface area contributed by atoms with Crippen molar-refractivity contribution in [3.05, 3.63) is 60.2 Å². The standard InChI is InChI=1S/C20H25N3O/c1-2-18(13-22-8-1)14-23-11-7-20(24-15-17-3-4-17)19(23)12-16-5-9-21-10-6-16/h1-2,5-6,8-10,13,17,19-20H,3-4,7,11-12,14-15H2/t19-,20-/m1/s1. The smallest absolute Gasteiger partial charge is 0.0745 e. The van der Waals surface area contributed by atoms with Crippen LogP contribution >= 0.6 is 0 Å². The second kappa shape index (κ2) is 7.41. The first kappa shape index (κ1) is 15.7. The summed E-state index contributed by atoms with van der Waals surface area (Å²) >= 11 is 0. The van der Waals surface area contributed by atoms with Crippen molar-refractivity contribution in [2.45, 2.75) is 44.4 Å². The monoisotopic (exact) mass is 323 g/mol. The number of hydrogen-bond donors (Lipinski definition) is 0. The van der Waals surface area contributed by atoms with Gasteiger partial charge in [0.05, 0.1) is 6.10 Å². The minimum Gasteiger partial charge on any atom is -0.376 e. The molecule has 0 radical (unpaired) electrons. The molecule has 2 aromatic heterocycles. The third-order valence-electron chi connectivity index (χ3n) is 5.14. The van der Waals surface area contributed by atoms with Gasteiger partial charge in [0, 0.05) is 50.5 Å². The highest BCUT2D eigenvalue weighted by Gasteiger charge is 2.36. The van der Waals surface area contributed by atoms with Gasteiger partial charge in [0.25, 0.3) is 0 Å². The van der Waals surface area contributed by atoms with Crippen LogP contribution in [-0.2, 0) is 17.7 Å². The van der Waals surface area contributed by atoms with Crippen LogP contribution in [0.2, 0.25) is 0 Å². The molecule has 4 nitrogen and oxygen atoms in total. The summed E-state index contributed by atoms with van der Waals surface area (Å²) in [6.45, 7) is 2.99. The largest absolute Gasteiger partial charge is 0.376 e. The lowest BCUT2D eigenvalue weighted by Gasteiger charge is -2.28. The highest BCUT2D eigenvalue weighted by Crippen LogP contribution is 2.32. The number of pyridine rings is 2. The Morgan fingerprint density at radius 1 is 1.00 bits per heavy atom. The Morgan fingerprint density at radius 3 is 2.62 bits per heavy atom. The fourth-order valence-corrected chi connectivity index (χ4v) is 3.57. The first-order valence-electron chi connectivity index (χ1n) is 9.02. The predicted octanol–water partition coefficient (Wildman–Crippen LogP) is 3.09. The molecule has 1 aliphatic heterocycles. The topological polar surface area (TPSA) is 38.2 Å². The molecule has 0 aromatic carbocycles. The quantitative estimate of drug-likeness (QED) is 0.785. The van der Waals surface area contributed by atoms with E-state index in [-0.39, 0.29) is 0 Å². The Bertz CT molecular complexity index is 630. The number of rotatable bonds is 7. The molecule has 24 heavy (non-hydrogen) atoms. The van der Waals surface area contributed by atoms with Crippen molar-refractivity contribution in [2.75, 3.05) is 13.2 Å². The van der Waals surface area contributed by atoms with E-state index in [0.29, 0.717) is 12.1 Å². The van der Waals surface area contributed by atoms with Crippen LogP contribution in [0.5, 0.6) is 0 Å². The number of nitrogens with zero attached hydrogens (tertiary/aromatic N) is 3. The SMILES string of the molecule is c1cncc(CN2CC[C@@H](OCC3CC3)[C@H]2Cc2ccncc2)c1. The van der Waals surface area contributed by atoms with Crippen molar-refractivity contribution < 1.29 is 4.74 Å². The molecule has 3 heterocycles. The average Bonchev–Trinajstić information content (AvgIpc) is 3.39. The van der Waals surface area contributed by atoms with Crippen LogP contribution in [0.15, 0.2) is 49.1 Å². The Hall–Kier alpha value is -1.78. The lowest BCUT2D eigenvalue weighted by atomic mass is 10.0. The first-order chi connectivity index (χ1) is 11.9. The number of likely N-dealkylation sites (tertiary alicyclic amines) is 1. The van der Waals surface area contributed by atoms with Gasteiger partial charge in [-0.25, -0.2) is 0 Å². The van der Waals surface area contributed by atoms with Crippen molar-refractivity contribution >= 4 is 0 Å². The Balaban J connectivity index is 1.46. The molecule has 2 aromatic rings. The minimum absolute atomic E-state index is 0.343. The molecule has 126 valence electrons. The van der Waals surface area contributed by atoms with Gasteiger partial charge in [-0.3, -0.25) is 14.9 Å². The third kappa shape index (κ3) is 4.00. The van der Waals surface area contributed by atoms with E-state index in [2.05, 4.69) is 33.1 Å². The van der Waals surface area contributed by atoms with Crippen LogP contribution in [0.25, 0.3) is 0 Å². The summed E-state index contributed by atoms with van der Waals surface area (Å²) in [5, 5.41) is 0. The molecule has 1 saturated carbocycles. The average molecular weight is 323 g/mol. The second-order valence-corrected chi connectivity index (χ2v) is 7.06. The van der Waals surface area contributed by atoms with Crippen molar-refractivity contribution in [3.63, 3.8) is 0 Å². The molecule has 4 heteroatoms. The van der Waals surface area contributed by atoms with E-state index in [9.17, 15) is 0 Å². The first-order valence-corrected chi connectivity index (χ1v) is 9.02. The molecule has 2 atom stereocenters. The molecule has 2 aliphatic rings. The van der Waals surface area contributed by atoms with Gasteiger partial charge in [-0.15, -0.1) is 0 Å². The Labute approximate surface area is 143 Å². The molecule has 1 aliphatic carbocycles. The third-order valence-corrected chi connectivity index (χ3v) is 5.14. The van der Waals surface area contributed by atoms with Crippen molar-refractivity contribution in [2.24, 2.45) is 5.92 Å². The molecule has 0 unspecified atom stereocenters. The summed E-state index contributed by atoms with van der Waals surface area (Å²) in [5.74, 6) is 0.818. The molecule has 1 saturated heterocycles. The van der Waals surface area contributed by atoms with Gasteiger partial charge in [-0.2, -0.15) is 0 Å². The van der Waals surface area contributed by atoms with Crippen LogP contribution in [0.1, 0.15) is 30.4 Å². The summed E-state index contributed by atoms with van der Waals surface area (Å²) in [5.41, 5.74) is 2.62. The zero-order chi connectivity index (χ0) is 16.2. The molecule has 4 rings (SSSR count). The van der Waals surface area contributed by atoms with E-state index in [4.69, 9.17) is 4.74 Å². The lowest BCUT2D eigenvalue weighted by Crippen LogP contribution is -2.38.